The van der Waals surface area contributed by atoms with E-state index in [1.54, 1.807) is 0 Å². The van der Waals surface area contributed by atoms with Crippen LogP contribution in [0, 0.1) is 5.92 Å². The Hall–Kier alpha value is -1.14. The van der Waals surface area contributed by atoms with Crippen molar-refractivity contribution in [2.75, 3.05) is 6.54 Å². The highest BCUT2D eigenvalue weighted by molar-refractivity contribution is 5.81. The van der Waals surface area contributed by atoms with Crippen LogP contribution < -0.4 is 11.1 Å². The van der Waals surface area contributed by atoms with Gasteiger partial charge in [-0.2, -0.15) is 0 Å². The van der Waals surface area contributed by atoms with Crippen molar-refractivity contribution in [1.82, 2.24) is 5.32 Å². The van der Waals surface area contributed by atoms with Gasteiger partial charge in [-0.25, -0.2) is 0 Å². The van der Waals surface area contributed by atoms with Crippen molar-refractivity contribution in [3.8, 4) is 0 Å². The van der Waals surface area contributed by atoms with Gasteiger partial charge in [0.1, 0.15) is 6.10 Å². The Kier molecular flexibility index (Phi) is 4.76. The van der Waals surface area contributed by atoms with Gasteiger partial charge < -0.3 is 20.9 Å². The molecule has 0 bridgehead atoms. The summed E-state index contributed by atoms with van der Waals surface area (Å²) in [5.41, 5.74) is 5.51. The maximum absolute atomic E-state index is 12.0. The van der Waals surface area contributed by atoms with Crippen LogP contribution in [-0.2, 0) is 14.3 Å². The lowest BCUT2D eigenvalue weighted by Crippen LogP contribution is -2.43. The monoisotopic (exact) mass is 270 g/mol. The summed E-state index contributed by atoms with van der Waals surface area (Å²) in [7, 11) is 0. The van der Waals surface area contributed by atoms with E-state index in [1.807, 2.05) is 0 Å². The third kappa shape index (κ3) is 3.67. The minimum Gasteiger partial charge on any atom is -0.481 e. The number of amides is 1. The number of nitrogens with two attached hydrogens (primary N) is 1. The molecule has 19 heavy (non-hydrogen) atoms. The summed E-state index contributed by atoms with van der Waals surface area (Å²) >= 11 is 0. The Balaban J connectivity index is 1.73. The molecule has 2 rings (SSSR count). The molecular formula is C13H22N2O4. The number of rotatable bonds is 4. The zero-order valence-electron chi connectivity index (χ0n) is 11.0. The molecule has 1 heterocycles. The van der Waals surface area contributed by atoms with Crippen LogP contribution in [-0.4, -0.2) is 41.8 Å². The zero-order chi connectivity index (χ0) is 13.8. The molecule has 0 aromatic heterocycles. The Morgan fingerprint density at radius 1 is 1.16 bits per heavy atom. The summed E-state index contributed by atoms with van der Waals surface area (Å²) in [5, 5.41) is 11.9. The SMILES string of the molecule is NCC1CCC(C(=O)NC2CCC(C(=O)O)CC2)O1. The highest BCUT2D eigenvalue weighted by Crippen LogP contribution is 2.25. The van der Waals surface area contributed by atoms with Crippen molar-refractivity contribution >= 4 is 11.9 Å². The fourth-order valence-corrected chi connectivity index (χ4v) is 2.85. The first-order chi connectivity index (χ1) is 9.10. The maximum Gasteiger partial charge on any atom is 0.306 e. The molecule has 0 spiro atoms. The van der Waals surface area contributed by atoms with Crippen molar-refractivity contribution in [3.05, 3.63) is 0 Å². The van der Waals surface area contributed by atoms with Crippen LogP contribution in [0.3, 0.4) is 0 Å². The van der Waals surface area contributed by atoms with E-state index >= 15 is 0 Å². The summed E-state index contributed by atoms with van der Waals surface area (Å²) in [6.45, 7) is 0.452. The lowest BCUT2D eigenvalue weighted by Gasteiger charge is -2.27. The summed E-state index contributed by atoms with van der Waals surface area (Å²) in [4.78, 5) is 22.8. The van der Waals surface area contributed by atoms with Gasteiger partial charge in [0, 0.05) is 12.6 Å². The maximum atomic E-state index is 12.0. The molecule has 1 aliphatic heterocycles. The number of ether oxygens (including phenoxy) is 1. The highest BCUT2D eigenvalue weighted by atomic mass is 16.5. The van der Waals surface area contributed by atoms with Crippen molar-refractivity contribution in [1.29, 1.82) is 0 Å². The topological polar surface area (TPSA) is 102 Å². The number of carboxylic acid groups (broad SMARTS) is 1. The van der Waals surface area contributed by atoms with Gasteiger partial charge in [0.05, 0.1) is 12.0 Å². The van der Waals surface area contributed by atoms with Gasteiger partial charge in [0.15, 0.2) is 0 Å². The molecule has 0 aromatic rings. The van der Waals surface area contributed by atoms with Gasteiger partial charge in [-0.15, -0.1) is 0 Å². The Morgan fingerprint density at radius 2 is 1.84 bits per heavy atom. The van der Waals surface area contributed by atoms with Crippen molar-refractivity contribution in [3.63, 3.8) is 0 Å². The average molecular weight is 270 g/mol. The molecule has 0 aromatic carbocycles. The van der Waals surface area contributed by atoms with Crippen LogP contribution in [0.5, 0.6) is 0 Å². The van der Waals surface area contributed by atoms with Crippen LogP contribution in [0.25, 0.3) is 0 Å². The number of hydrogen-bond donors (Lipinski definition) is 3. The van der Waals surface area contributed by atoms with E-state index in [2.05, 4.69) is 5.32 Å². The van der Waals surface area contributed by atoms with Gasteiger partial charge in [0.2, 0.25) is 5.91 Å². The number of carbonyl (C=O) groups excluding carboxylic acids is 1. The van der Waals surface area contributed by atoms with Crippen LogP contribution >= 0.6 is 0 Å². The lowest BCUT2D eigenvalue weighted by atomic mass is 9.86. The molecule has 1 aliphatic carbocycles. The van der Waals surface area contributed by atoms with E-state index in [9.17, 15) is 9.59 Å². The normalized spacial score (nSPS) is 35.0. The highest BCUT2D eigenvalue weighted by Gasteiger charge is 2.32. The van der Waals surface area contributed by atoms with E-state index in [1.165, 1.54) is 0 Å². The van der Waals surface area contributed by atoms with Crippen LogP contribution in [0.2, 0.25) is 0 Å². The molecule has 2 atom stereocenters. The lowest BCUT2D eigenvalue weighted by molar-refractivity contribution is -0.143. The Bertz CT molecular complexity index is 340. The molecule has 1 amide bonds. The predicted molar refractivity (Wildman–Crippen MR) is 68.5 cm³/mol. The van der Waals surface area contributed by atoms with Crippen molar-refractivity contribution < 1.29 is 19.4 Å². The fourth-order valence-electron chi connectivity index (χ4n) is 2.85. The number of carbonyl (C=O) groups is 2. The second-order valence-electron chi connectivity index (χ2n) is 5.46. The molecule has 1 saturated carbocycles. The third-order valence-electron chi connectivity index (χ3n) is 4.09. The van der Waals surface area contributed by atoms with Gasteiger partial charge in [-0.3, -0.25) is 9.59 Å². The number of nitrogens with one attached hydrogen (secondary N) is 1. The van der Waals surface area contributed by atoms with Gasteiger partial charge in [-0.05, 0) is 38.5 Å². The second-order valence-corrected chi connectivity index (χ2v) is 5.46. The summed E-state index contributed by atoms with van der Waals surface area (Å²) in [6, 6.07) is 0.0867. The first-order valence-electron chi connectivity index (χ1n) is 6.99. The van der Waals surface area contributed by atoms with Crippen LogP contribution in [0.15, 0.2) is 0 Å². The average Bonchev–Trinajstić information content (AvgIpc) is 2.88. The summed E-state index contributed by atoms with van der Waals surface area (Å²) in [6.07, 6.45) is 3.91. The Morgan fingerprint density at radius 3 is 2.37 bits per heavy atom. The van der Waals surface area contributed by atoms with Crippen molar-refractivity contribution in [2.45, 2.75) is 56.8 Å². The van der Waals surface area contributed by atoms with E-state index in [0.717, 1.165) is 25.7 Å². The van der Waals surface area contributed by atoms with E-state index in [4.69, 9.17) is 15.6 Å². The molecule has 1 saturated heterocycles. The van der Waals surface area contributed by atoms with Crippen molar-refractivity contribution in [2.24, 2.45) is 11.7 Å². The van der Waals surface area contributed by atoms with Crippen LogP contribution in [0.4, 0.5) is 0 Å². The molecule has 4 N–H and O–H groups in total. The number of carboxylic acids is 1. The van der Waals surface area contributed by atoms with Gasteiger partial charge in [-0.1, -0.05) is 0 Å². The largest absolute Gasteiger partial charge is 0.481 e. The second kappa shape index (κ2) is 6.34. The first-order valence-corrected chi connectivity index (χ1v) is 6.99. The summed E-state index contributed by atoms with van der Waals surface area (Å²) in [5.74, 6) is -1.05. The fraction of sp³-hybridized carbons (Fsp3) is 0.846. The summed E-state index contributed by atoms with van der Waals surface area (Å²) < 4.78 is 5.54. The smallest absolute Gasteiger partial charge is 0.306 e. The molecular weight excluding hydrogens is 248 g/mol. The molecule has 2 fully saturated rings. The molecule has 6 heteroatoms. The molecule has 108 valence electrons. The minimum atomic E-state index is -0.727. The standard InChI is InChI=1S/C13H22N2O4/c14-7-10-5-6-11(19-10)12(16)15-9-3-1-8(2-4-9)13(17)18/h8-11H,1-7,14H2,(H,15,16)(H,17,18). The number of hydrogen-bond acceptors (Lipinski definition) is 4. The van der Waals surface area contributed by atoms with Gasteiger partial charge >= 0.3 is 5.97 Å². The Labute approximate surface area is 112 Å². The number of aliphatic carboxylic acids is 1. The predicted octanol–water partition coefficient (Wildman–Crippen LogP) is 0.252. The molecule has 0 radical (unpaired) electrons. The third-order valence-corrected chi connectivity index (χ3v) is 4.09. The van der Waals surface area contributed by atoms with Crippen LogP contribution in [0.1, 0.15) is 38.5 Å². The molecule has 2 aliphatic rings. The van der Waals surface area contributed by atoms with Gasteiger partial charge in [0.25, 0.3) is 0 Å². The van der Waals surface area contributed by atoms with E-state index in [-0.39, 0.29) is 30.1 Å². The van der Waals surface area contributed by atoms with E-state index < -0.39 is 5.97 Å². The first kappa shape index (κ1) is 14.3. The quantitative estimate of drug-likeness (QED) is 0.680. The minimum absolute atomic E-state index is 0.00139. The zero-order valence-corrected chi connectivity index (χ0v) is 11.0. The molecule has 6 nitrogen and oxygen atoms in total. The van der Waals surface area contributed by atoms with E-state index in [0.29, 0.717) is 19.4 Å². The molecule has 2 unspecified atom stereocenters.